The lowest BCUT2D eigenvalue weighted by Crippen LogP contribution is -2.06. The molecule has 2 aromatic carbocycles. The minimum atomic E-state index is -0.598. The summed E-state index contributed by atoms with van der Waals surface area (Å²) in [7, 11) is 0. The van der Waals surface area contributed by atoms with E-state index in [0.717, 1.165) is 5.56 Å². The Morgan fingerprint density at radius 2 is 2.00 bits per heavy atom. The van der Waals surface area contributed by atoms with E-state index in [9.17, 15) is 14.9 Å². The molecule has 0 saturated carbocycles. The number of ether oxygens (including phenoxy) is 2. The Kier molecular flexibility index (Phi) is 6.28. The normalized spacial score (nSPS) is 11.9. The number of non-ortho nitro benzene ring substituents is 1. The van der Waals surface area contributed by atoms with E-state index < -0.39 is 17.0 Å². The largest absolute Gasteiger partial charge is 0.493 e. The highest BCUT2D eigenvalue weighted by molar-refractivity contribution is 5.87. The average molecular weight is 341 g/mol. The van der Waals surface area contributed by atoms with Gasteiger partial charge in [0.15, 0.2) is 0 Å². The Balaban J connectivity index is 2.05. The lowest BCUT2D eigenvalue weighted by atomic mass is 10.1. The first-order valence-corrected chi connectivity index (χ1v) is 7.86. The van der Waals surface area contributed by atoms with Crippen LogP contribution in [-0.4, -0.2) is 17.5 Å². The number of nitrogens with zero attached hydrogens (tertiary/aromatic N) is 1. The van der Waals surface area contributed by atoms with Crippen LogP contribution in [0.15, 0.2) is 54.6 Å². The molecule has 0 aliphatic rings. The second-order valence-corrected chi connectivity index (χ2v) is 5.24. The number of carbonyl (C=O) groups is 1. The third kappa shape index (κ3) is 5.17. The fraction of sp³-hybridized carbons (Fsp3) is 0.211. The lowest BCUT2D eigenvalue weighted by molar-refractivity contribution is -0.385. The van der Waals surface area contributed by atoms with Crippen LogP contribution in [0.4, 0.5) is 5.69 Å². The van der Waals surface area contributed by atoms with E-state index in [1.54, 1.807) is 25.1 Å². The average Bonchev–Trinajstić information content (AvgIpc) is 2.61. The zero-order valence-electron chi connectivity index (χ0n) is 14.0. The summed E-state index contributed by atoms with van der Waals surface area (Å²) in [5.74, 6) is 0.145. The van der Waals surface area contributed by atoms with Gasteiger partial charge in [-0.1, -0.05) is 30.3 Å². The van der Waals surface area contributed by atoms with E-state index in [2.05, 4.69) is 0 Å². The lowest BCUT2D eigenvalue weighted by Gasteiger charge is -2.12. The van der Waals surface area contributed by atoms with Gasteiger partial charge in [0.05, 0.1) is 11.5 Å². The Hall–Kier alpha value is -3.15. The zero-order valence-corrected chi connectivity index (χ0v) is 14.0. The van der Waals surface area contributed by atoms with Gasteiger partial charge in [-0.15, -0.1) is 0 Å². The number of hydrogen-bond acceptors (Lipinski definition) is 5. The van der Waals surface area contributed by atoms with Crippen LogP contribution < -0.4 is 4.74 Å². The highest BCUT2D eigenvalue weighted by atomic mass is 16.6. The Morgan fingerprint density at radius 1 is 1.24 bits per heavy atom. The highest BCUT2D eigenvalue weighted by Gasteiger charge is 2.13. The highest BCUT2D eigenvalue weighted by Crippen LogP contribution is 2.23. The van der Waals surface area contributed by atoms with Gasteiger partial charge in [0.2, 0.25) is 0 Å². The molecule has 1 atom stereocenters. The van der Waals surface area contributed by atoms with Crippen LogP contribution in [0.3, 0.4) is 0 Å². The van der Waals surface area contributed by atoms with Gasteiger partial charge in [0.1, 0.15) is 11.9 Å². The number of para-hydroxylation sites is 1. The molecule has 0 saturated heterocycles. The molecule has 130 valence electrons. The zero-order chi connectivity index (χ0) is 18.2. The predicted octanol–water partition coefficient (Wildman–Crippen LogP) is 4.31. The SMILES string of the molecule is CCOc1ccccc1/C=C/C(=O)O[C@H](C)c1cccc([N+](=O)[O-])c1. The number of benzene rings is 2. The molecule has 6 nitrogen and oxygen atoms in total. The summed E-state index contributed by atoms with van der Waals surface area (Å²) < 4.78 is 10.8. The Bertz CT molecular complexity index is 785. The topological polar surface area (TPSA) is 78.7 Å². The molecule has 0 fully saturated rings. The van der Waals surface area contributed by atoms with Crippen LogP contribution in [0.5, 0.6) is 5.75 Å². The van der Waals surface area contributed by atoms with Crippen LogP contribution in [0.25, 0.3) is 6.08 Å². The molecule has 25 heavy (non-hydrogen) atoms. The Labute approximate surface area is 145 Å². The van der Waals surface area contributed by atoms with E-state index >= 15 is 0 Å². The van der Waals surface area contributed by atoms with E-state index in [-0.39, 0.29) is 5.69 Å². The first-order chi connectivity index (χ1) is 12.0. The van der Waals surface area contributed by atoms with Gasteiger partial charge < -0.3 is 9.47 Å². The summed E-state index contributed by atoms with van der Waals surface area (Å²) in [5.41, 5.74) is 1.29. The van der Waals surface area contributed by atoms with Crippen LogP contribution >= 0.6 is 0 Å². The number of rotatable bonds is 7. The van der Waals surface area contributed by atoms with E-state index in [1.165, 1.54) is 18.2 Å². The molecule has 0 bridgehead atoms. The van der Waals surface area contributed by atoms with Gasteiger partial charge in [0.25, 0.3) is 5.69 Å². The van der Waals surface area contributed by atoms with Crippen molar-refractivity contribution in [1.82, 2.24) is 0 Å². The number of esters is 1. The third-order valence-electron chi connectivity index (χ3n) is 3.46. The fourth-order valence-electron chi connectivity index (χ4n) is 2.24. The molecule has 2 aromatic rings. The number of nitro groups is 1. The molecule has 2 rings (SSSR count). The van der Waals surface area contributed by atoms with Crippen LogP contribution in [0, 0.1) is 10.1 Å². The van der Waals surface area contributed by atoms with Crippen LogP contribution in [-0.2, 0) is 9.53 Å². The minimum absolute atomic E-state index is 0.0402. The molecule has 0 aliphatic carbocycles. The van der Waals surface area contributed by atoms with Gasteiger partial charge in [-0.05, 0) is 31.6 Å². The van der Waals surface area contributed by atoms with Gasteiger partial charge in [-0.25, -0.2) is 4.79 Å². The van der Waals surface area contributed by atoms with Gasteiger partial charge >= 0.3 is 5.97 Å². The quantitative estimate of drug-likeness (QED) is 0.324. The standard InChI is InChI=1S/C19H19NO5/c1-3-24-18-10-5-4-7-15(18)11-12-19(21)25-14(2)16-8-6-9-17(13-16)20(22)23/h4-14H,3H2,1-2H3/b12-11+/t14-/m1/s1. The predicted molar refractivity (Wildman–Crippen MR) is 94.2 cm³/mol. The number of carbonyl (C=O) groups excluding carboxylic acids is 1. The van der Waals surface area contributed by atoms with Crippen molar-refractivity contribution in [2.75, 3.05) is 6.61 Å². The molecule has 0 unspecified atom stereocenters. The van der Waals surface area contributed by atoms with E-state index in [1.807, 2.05) is 31.2 Å². The summed E-state index contributed by atoms with van der Waals surface area (Å²) in [4.78, 5) is 22.3. The van der Waals surface area contributed by atoms with Crippen molar-refractivity contribution in [3.8, 4) is 5.75 Å². The molecule has 0 N–H and O–H groups in total. The maximum absolute atomic E-state index is 12.0. The Morgan fingerprint density at radius 3 is 2.72 bits per heavy atom. The van der Waals surface area contributed by atoms with Crippen molar-refractivity contribution in [3.63, 3.8) is 0 Å². The second kappa shape index (κ2) is 8.63. The summed E-state index contributed by atoms with van der Waals surface area (Å²) in [6.45, 7) is 4.08. The maximum atomic E-state index is 12.0. The molecule has 0 aromatic heterocycles. The molecule has 0 amide bonds. The van der Waals surface area contributed by atoms with Crippen LogP contribution in [0.2, 0.25) is 0 Å². The molecule has 6 heteroatoms. The van der Waals surface area contributed by atoms with Gasteiger partial charge in [0, 0.05) is 23.8 Å². The second-order valence-electron chi connectivity index (χ2n) is 5.24. The third-order valence-corrected chi connectivity index (χ3v) is 3.46. The minimum Gasteiger partial charge on any atom is -0.493 e. The van der Waals surface area contributed by atoms with Crippen LogP contribution in [0.1, 0.15) is 31.1 Å². The smallest absolute Gasteiger partial charge is 0.331 e. The molecular weight excluding hydrogens is 322 g/mol. The number of nitro benzene ring substituents is 1. The van der Waals surface area contributed by atoms with Crippen molar-refractivity contribution in [1.29, 1.82) is 0 Å². The van der Waals surface area contributed by atoms with Crippen molar-refractivity contribution in [2.24, 2.45) is 0 Å². The van der Waals surface area contributed by atoms with Gasteiger partial charge in [-0.3, -0.25) is 10.1 Å². The fourth-order valence-corrected chi connectivity index (χ4v) is 2.24. The molecule has 0 aliphatic heterocycles. The summed E-state index contributed by atoms with van der Waals surface area (Å²) in [6.07, 6.45) is 2.33. The summed E-state index contributed by atoms with van der Waals surface area (Å²) >= 11 is 0. The summed E-state index contributed by atoms with van der Waals surface area (Å²) in [5, 5.41) is 10.8. The summed E-state index contributed by atoms with van der Waals surface area (Å²) in [6, 6.07) is 13.4. The van der Waals surface area contributed by atoms with Crippen molar-refractivity contribution >= 4 is 17.7 Å². The molecule has 0 radical (unpaired) electrons. The number of hydrogen-bond donors (Lipinski definition) is 0. The molecular formula is C19H19NO5. The monoisotopic (exact) mass is 341 g/mol. The first kappa shape index (κ1) is 18.2. The van der Waals surface area contributed by atoms with Crippen molar-refractivity contribution in [3.05, 3.63) is 75.8 Å². The first-order valence-electron chi connectivity index (χ1n) is 7.86. The maximum Gasteiger partial charge on any atom is 0.331 e. The molecule has 0 spiro atoms. The van der Waals surface area contributed by atoms with Gasteiger partial charge in [-0.2, -0.15) is 0 Å². The molecule has 0 heterocycles. The van der Waals surface area contributed by atoms with Crippen molar-refractivity contribution in [2.45, 2.75) is 20.0 Å². The van der Waals surface area contributed by atoms with E-state index in [4.69, 9.17) is 9.47 Å². The van der Waals surface area contributed by atoms with Crippen molar-refractivity contribution < 1.29 is 19.2 Å². The van der Waals surface area contributed by atoms with E-state index in [0.29, 0.717) is 17.9 Å².